The van der Waals surface area contributed by atoms with Gasteiger partial charge in [-0.3, -0.25) is 4.90 Å². The van der Waals surface area contributed by atoms with E-state index in [-0.39, 0.29) is 0 Å². The Bertz CT molecular complexity index is 809. The van der Waals surface area contributed by atoms with Crippen molar-refractivity contribution in [2.75, 3.05) is 6.54 Å². The summed E-state index contributed by atoms with van der Waals surface area (Å²) >= 11 is 0. The van der Waals surface area contributed by atoms with Gasteiger partial charge in [0.05, 0.1) is 12.7 Å². The SMILES string of the molecule is Cc1ccccc1[C@@H]1CCCN1Cc1ncc(-c2ccccc2)o1. The lowest BCUT2D eigenvalue weighted by molar-refractivity contribution is 0.224. The number of likely N-dealkylation sites (tertiary alicyclic amines) is 1. The highest BCUT2D eigenvalue weighted by atomic mass is 16.4. The summed E-state index contributed by atoms with van der Waals surface area (Å²) in [5.74, 6) is 1.64. The summed E-state index contributed by atoms with van der Waals surface area (Å²) < 4.78 is 5.99. The van der Waals surface area contributed by atoms with Crippen molar-refractivity contribution < 1.29 is 4.42 Å². The molecule has 24 heavy (non-hydrogen) atoms. The zero-order valence-corrected chi connectivity index (χ0v) is 14.0. The number of hydrogen-bond acceptors (Lipinski definition) is 3. The van der Waals surface area contributed by atoms with Crippen LogP contribution in [0.3, 0.4) is 0 Å². The standard InChI is InChI=1S/C21H22N2O/c1-16-8-5-6-11-18(16)19-12-7-13-23(19)15-21-22-14-20(24-21)17-9-3-2-4-10-17/h2-6,8-11,14,19H,7,12-13,15H2,1H3/t19-/m0/s1. The minimum Gasteiger partial charge on any atom is -0.439 e. The molecule has 0 bridgehead atoms. The summed E-state index contributed by atoms with van der Waals surface area (Å²) in [4.78, 5) is 6.99. The van der Waals surface area contributed by atoms with Crippen LogP contribution in [-0.2, 0) is 6.54 Å². The maximum atomic E-state index is 5.99. The molecule has 1 aromatic heterocycles. The van der Waals surface area contributed by atoms with E-state index in [4.69, 9.17) is 4.42 Å². The molecular weight excluding hydrogens is 296 g/mol. The third-order valence-electron chi connectivity index (χ3n) is 4.86. The highest BCUT2D eigenvalue weighted by Crippen LogP contribution is 2.34. The van der Waals surface area contributed by atoms with Gasteiger partial charge in [-0.1, -0.05) is 54.6 Å². The fourth-order valence-corrected chi connectivity index (χ4v) is 3.62. The summed E-state index contributed by atoms with van der Waals surface area (Å²) in [6.07, 6.45) is 4.27. The Balaban J connectivity index is 1.53. The topological polar surface area (TPSA) is 29.3 Å². The van der Waals surface area contributed by atoms with Gasteiger partial charge in [-0.2, -0.15) is 0 Å². The van der Waals surface area contributed by atoms with Crippen LogP contribution in [0.2, 0.25) is 0 Å². The maximum Gasteiger partial charge on any atom is 0.209 e. The molecule has 3 aromatic rings. The number of oxazole rings is 1. The van der Waals surface area contributed by atoms with Crippen molar-refractivity contribution in [3.8, 4) is 11.3 Å². The minimum absolute atomic E-state index is 0.471. The lowest BCUT2D eigenvalue weighted by atomic mass is 9.99. The van der Waals surface area contributed by atoms with Crippen LogP contribution in [0.4, 0.5) is 0 Å². The predicted molar refractivity (Wildman–Crippen MR) is 95.5 cm³/mol. The molecular formula is C21H22N2O. The van der Waals surface area contributed by atoms with E-state index in [0.717, 1.165) is 30.3 Å². The van der Waals surface area contributed by atoms with Crippen molar-refractivity contribution in [3.05, 3.63) is 77.8 Å². The molecule has 2 heterocycles. The lowest BCUT2D eigenvalue weighted by Gasteiger charge is -2.24. The molecule has 1 fully saturated rings. The number of aromatic nitrogens is 1. The van der Waals surface area contributed by atoms with Crippen molar-refractivity contribution >= 4 is 0 Å². The van der Waals surface area contributed by atoms with Crippen LogP contribution >= 0.6 is 0 Å². The highest BCUT2D eigenvalue weighted by molar-refractivity contribution is 5.55. The quantitative estimate of drug-likeness (QED) is 0.679. The normalized spacial score (nSPS) is 18.1. The molecule has 0 radical (unpaired) electrons. The van der Waals surface area contributed by atoms with Gasteiger partial charge in [0.1, 0.15) is 0 Å². The van der Waals surface area contributed by atoms with Crippen molar-refractivity contribution in [2.24, 2.45) is 0 Å². The van der Waals surface area contributed by atoms with Crippen LogP contribution in [0.25, 0.3) is 11.3 Å². The second-order valence-corrected chi connectivity index (χ2v) is 6.47. The molecule has 3 heteroatoms. The first-order chi connectivity index (χ1) is 11.8. The summed E-state index contributed by atoms with van der Waals surface area (Å²) in [5.41, 5.74) is 3.88. The lowest BCUT2D eigenvalue weighted by Crippen LogP contribution is -2.23. The van der Waals surface area contributed by atoms with E-state index < -0.39 is 0 Å². The molecule has 1 aliphatic heterocycles. The van der Waals surface area contributed by atoms with Crippen molar-refractivity contribution in [3.63, 3.8) is 0 Å². The van der Waals surface area contributed by atoms with Crippen molar-refractivity contribution in [1.29, 1.82) is 0 Å². The molecule has 4 rings (SSSR count). The Kier molecular flexibility index (Phi) is 4.18. The van der Waals surface area contributed by atoms with Gasteiger partial charge in [-0.15, -0.1) is 0 Å². The smallest absolute Gasteiger partial charge is 0.209 e. The van der Waals surface area contributed by atoms with Crippen LogP contribution < -0.4 is 0 Å². The fourth-order valence-electron chi connectivity index (χ4n) is 3.62. The first-order valence-corrected chi connectivity index (χ1v) is 8.61. The Hall–Kier alpha value is -2.39. The van der Waals surface area contributed by atoms with Gasteiger partial charge in [0.25, 0.3) is 0 Å². The van der Waals surface area contributed by atoms with Crippen LogP contribution in [0.1, 0.15) is 35.9 Å². The molecule has 0 saturated carbocycles. The van der Waals surface area contributed by atoms with E-state index in [1.54, 1.807) is 0 Å². The first kappa shape index (κ1) is 15.2. The molecule has 1 saturated heterocycles. The number of rotatable bonds is 4. The van der Waals surface area contributed by atoms with Crippen LogP contribution in [-0.4, -0.2) is 16.4 Å². The molecule has 122 valence electrons. The van der Waals surface area contributed by atoms with Gasteiger partial charge in [-0.05, 0) is 37.4 Å². The minimum atomic E-state index is 0.471. The average Bonchev–Trinajstić information content (AvgIpc) is 3.26. The van der Waals surface area contributed by atoms with Gasteiger partial charge in [0, 0.05) is 11.6 Å². The van der Waals surface area contributed by atoms with Crippen molar-refractivity contribution in [2.45, 2.75) is 32.4 Å². The second-order valence-electron chi connectivity index (χ2n) is 6.47. The Labute approximate surface area is 143 Å². The average molecular weight is 318 g/mol. The molecule has 1 aliphatic rings. The largest absolute Gasteiger partial charge is 0.439 e. The third kappa shape index (κ3) is 3.00. The number of hydrogen-bond donors (Lipinski definition) is 0. The molecule has 0 spiro atoms. The van der Waals surface area contributed by atoms with Gasteiger partial charge in [-0.25, -0.2) is 4.98 Å². The molecule has 0 unspecified atom stereocenters. The first-order valence-electron chi connectivity index (χ1n) is 8.61. The van der Waals surface area contributed by atoms with Crippen LogP contribution in [0.5, 0.6) is 0 Å². The zero-order chi connectivity index (χ0) is 16.4. The van der Waals surface area contributed by atoms with E-state index >= 15 is 0 Å². The zero-order valence-electron chi connectivity index (χ0n) is 14.0. The van der Waals surface area contributed by atoms with Gasteiger partial charge >= 0.3 is 0 Å². The van der Waals surface area contributed by atoms with E-state index in [1.807, 2.05) is 24.4 Å². The van der Waals surface area contributed by atoms with E-state index in [0.29, 0.717) is 6.04 Å². The summed E-state index contributed by atoms with van der Waals surface area (Å²) in [7, 11) is 0. The Morgan fingerprint density at radius 1 is 1.08 bits per heavy atom. The van der Waals surface area contributed by atoms with Crippen LogP contribution in [0, 0.1) is 6.92 Å². The highest BCUT2D eigenvalue weighted by Gasteiger charge is 2.28. The van der Waals surface area contributed by atoms with Gasteiger partial charge in [0.2, 0.25) is 5.89 Å². The van der Waals surface area contributed by atoms with E-state index in [1.165, 1.54) is 24.0 Å². The number of aryl methyl sites for hydroxylation is 1. The maximum absolute atomic E-state index is 5.99. The second kappa shape index (κ2) is 6.62. The monoisotopic (exact) mass is 318 g/mol. The number of nitrogens with zero attached hydrogens (tertiary/aromatic N) is 2. The predicted octanol–water partition coefficient (Wildman–Crippen LogP) is 4.99. The molecule has 0 amide bonds. The summed E-state index contributed by atoms with van der Waals surface area (Å²) in [6, 6.07) is 19.3. The number of benzene rings is 2. The molecule has 3 nitrogen and oxygen atoms in total. The Morgan fingerprint density at radius 3 is 2.71 bits per heavy atom. The van der Waals surface area contributed by atoms with E-state index in [9.17, 15) is 0 Å². The van der Waals surface area contributed by atoms with Crippen molar-refractivity contribution in [1.82, 2.24) is 9.88 Å². The van der Waals surface area contributed by atoms with E-state index in [2.05, 4.69) is 53.2 Å². The molecule has 0 aliphatic carbocycles. The molecule has 2 aromatic carbocycles. The summed E-state index contributed by atoms with van der Waals surface area (Å²) in [6.45, 7) is 4.07. The molecule has 1 atom stereocenters. The Morgan fingerprint density at radius 2 is 1.88 bits per heavy atom. The van der Waals surface area contributed by atoms with Crippen LogP contribution in [0.15, 0.2) is 65.2 Å². The molecule has 0 N–H and O–H groups in total. The third-order valence-corrected chi connectivity index (χ3v) is 4.86. The van der Waals surface area contributed by atoms with Gasteiger partial charge in [0.15, 0.2) is 5.76 Å². The fraction of sp³-hybridized carbons (Fsp3) is 0.286. The summed E-state index contributed by atoms with van der Waals surface area (Å²) in [5, 5.41) is 0. The van der Waals surface area contributed by atoms with Gasteiger partial charge < -0.3 is 4.42 Å².